The molecule has 3 aliphatic rings. The SMILES string of the molecule is CC.c1cc(-c2cccc3ccccc23)cc(-c2cc3c(c4ccccc24)-c2ccc(N(c4ccc5c(c4)Cc4ccccc4-5)c4ccc5oc6ccccc6c5c4)cc2C32c3ccccc3-c3ccccc32)c1. The molecule has 74 heavy (non-hydrogen) atoms. The first-order valence-electron chi connectivity index (χ1n) is 26.1. The summed E-state index contributed by atoms with van der Waals surface area (Å²) in [5.74, 6) is 0. The maximum Gasteiger partial charge on any atom is 0.135 e. The van der Waals surface area contributed by atoms with Gasteiger partial charge in [0.2, 0.25) is 0 Å². The molecule has 3 aliphatic carbocycles. The van der Waals surface area contributed by atoms with Crippen LogP contribution in [0.5, 0.6) is 0 Å². The topological polar surface area (TPSA) is 16.4 Å². The van der Waals surface area contributed by atoms with Crippen LogP contribution in [0.25, 0.3) is 99.1 Å². The molecule has 2 heteroatoms. The molecule has 348 valence electrons. The summed E-state index contributed by atoms with van der Waals surface area (Å²) < 4.78 is 6.43. The number of nitrogens with zero attached hydrogens (tertiary/aromatic N) is 1. The summed E-state index contributed by atoms with van der Waals surface area (Å²) in [6, 6.07) is 93.0. The van der Waals surface area contributed by atoms with Crippen molar-refractivity contribution >= 4 is 60.5 Å². The lowest BCUT2D eigenvalue weighted by Crippen LogP contribution is -2.26. The smallest absolute Gasteiger partial charge is 0.135 e. The number of furan rings is 1. The van der Waals surface area contributed by atoms with Crippen molar-refractivity contribution in [3.8, 4) is 55.6 Å². The minimum atomic E-state index is -0.601. The van der Waals surface area contributed by atoms with E-state index in [1.165, 1.54) is 111 Å². The molecular formula is C72H49NO. The van der Waals surface area contributed by atoms with Crippen LogP contribution in [0.2, 0.25) is 0 Å². The maximum atomic E-state index is 6.43. The van der Waals surface area contributed by atoms with Gasteiger partial charge in [-0.25, -0.2) is 0 Å². The number of rotatable bonds is 5. The zero-order valence-corrected chi connectivity index (χ0v) is 41.2. The van der Waals surface area contributed by atoms with E-state index in [-0.39, 0.29) is 0 Å². The van der Waals surface area contributed by atoms with Gasteiger partial charge in [0.1, 0.15) is 11.2 Å². The minimum Gasteiger partial charge on any atom is -0.456 e. The highest BCUT2D eigenvalue weighted by Gasteiger charge is 2.52. The van der Waals surface area contributed by atoms with E-state index in [2.05, 4.69) is 248 Å². The second-order valence-corrected chi connectivity index (χ2v) is 19.9. The Morgan fingerprint density at radius 1 is 0.324 bits per heavy atom. The molecule has 0 amide bonds. The molecule has 12 aromatic carbocycles. The van der Waals surface area contributed by atoms with Crippen molar-refractivity contribution in [1.29, 1.82) is 0 Å². The molecule has 13 aromatic rings. The highest BCUT2D eigenvalue weighted by Crippen LogP contribution is 2.65. The molecule has 0 saturated heterocycles. The third-order valence-electron chi connectivity index (χ3n) is 16.3. The molecule has 1 spiro atoms. The Labute approximate surface area is 431 Å². The van der Waals surface area contributed by atoms with Crippen LogP contribution in [-0.4, -0.2) is 0 Å². The third kappa shape index (κ3) is 6.00. The molecule has 16 rings (SSSR count). The van der Waals surface area contributed by atoms with Crippen LogP contribution in [0, 0.1) is 0 Å². The fourth-order valence-electron chi connectivity index (χ4n) is 13.3. The van der Waals surface area contributed by atoms with Crippen molar-refractivity contribution in [2.75, 3.05) is 4.90 Å². The molecule has 0 aliphatic heterocycles. The molecule has 0 radical (unpaired) electrons. The number of hydrogen-bond acceptors (Lipinski definition) is 2. The van der Waals surface area contributed by atoms with Gasteiger partial charge in [-0.2, -0.15) is 0 Å². The molecule has 0 bridgehead atoms. The van der Waals surface area contributed by atoms with Crippen LogP contribution in [0.3, 0.4) is 0 Å². The van der Waals surface area contributed by atoms with E-state index in [4.69, 9.17) is 4.42 Å². The Balaban J connectivity index is 0.00000239. The lowest BCUT2D eigenvalue weighted by molar-refractivity contribution is 0.669. The van der Waals surface area contributed by atoms with E-state index >= 15 is 0 Å². The Bertz CT molecular complexity index is 4400. The van der Waals surface area contributed by atoms with E-state index in [1.54, 1.807) is 0 Å². The zero-order valence-electron chi connectivity index (χ0n) is 41.2. The average molecular weight is 944 g/mol. The highest BCUT2D eigenvalue weighted by molar-refractivity contribution is 6.12. The summed E-state index contributed by atoms with van der Waals surface area (Å²) >= 11 is 0. The Morgan fingerprint density at radius 2 is 0.878 bits per heavy atom. The van der Waals surface area contributed by atoms with Gasteiger partial charge in [-0.05, 0) is 178 Å². The predicted octanol–water partition coefficient (Wildman–Crippen LogP) is 19.6. The van der Waals surface area contributed by atoms with Gasteiger partial charge in [0, 0.05) is 27.8 Å². The van der Waals surface area contributed by atoms with Crippen molar-refractivity contribution in [3.05, 3.63) is 282 Å². The average Bonchev–Trinajstić information content (AvgIpc) is 4.34. The summed E-state index contributed by atoms with van der Waals surface area (Å²) in [4.78, 5) is 2.48. The zero-order chi connectivity index (χ0) is 49.1. The van der Waals surface area contributed by atoms with E-state index in [0.29, 0.717) is 0 Å². The van der Waals surface area contributed by atoms with Crippen LogP contribution in [0.15, 0.2) is 253 Å². The van der Waals surface area contributed by atoms with E-state index in [9.17, 15) is 0 Å². The summed E-state index contributed by atoms with van der Waals surface area (Å²) in [6.45, 7) is 4.00. The van der Waals surface area contributed by atoms with E-state index in [1.807, 2.05) is 19.9 Å². The van der Waals surface area contributed by atoms with E-state index in [0.717, 1.165) is 45.4 Å². The summed E-state index contributed by atoms with van der Waals surface area (Å²) in [5.41, 5.74) is 25.2. The standard InChI is InChI=1S/C70H43NO.C2H6/c1-3-20-51-43(15-1)17-14-27-53(51)45-18-13-19-46(37-45)61-42-66-69(59-26-6-5-22-55(59)61)60-35-32-50(41-65(60)70(66)63-28-10-7-23-56(63)57-24-8-11-29-64(57)70)71(48-31-34-54-47(39-48)38-44-16-2-4-21-52(44)54)49-33-36-68-62(40-49)58-25-9-12-30-67(58)72-68;1-2/h1-37,39-42H,38H2;1-2H3. The monoisotopic (exact) mass is 943 g/mol. The molecular weight excluding hydrogens is 895 g/mol. The first-order chi connectivity index (χ1) is 36.7. The Hall–Kier alpha value is -9.24. The van der Waals surface area contributed by atoms with Gasteiger partial charge in [0.25, 0.3) is 0 Å². The highest BCUT2D eigenvalue weighted by atomic mass is 16.3. The van der Waals surface area contributed by atoms with Crippen molar-refractivity contribution in [2.24, 2.45) is 0 Å². The van der Waals surface area contributed by atoms with Crippen molar-refractivity contribution in [3.63, 3.8) is 0 Å². The number of hydrogen-bond donors (Lipinski definition) is 0. The molecule has 0 N–H and O–H groups in total. The van der Waals surface area contributed by atoms with Crippen molar-refractivity contribution in [2.45, 2.75) is 25.7 Å². The molecule has 2 nitrogen and oxygen atoms in total. The van der Waals surface area contributed by atoms with Crippen molar-refractivity contribution in [1.82, 2.24) is 0 Å². The Kier molecular flexibility index (Phi) is 9.40. The van der Waals surface area contributed by atoms with Gasteiger partial charge in [-0.3, -0.25) is 0 Å². The summed E-state index contributed by atoms with van der Waals surface area (Å²) in [7, 11) is 0. The van der Waals surface area contributed by atoms with Gasteiger partial charge < -0.3 is 9.32 Å². The van der Waals surface area contributed by atoms with Gasteiger partial charge >= 0.3 is 0 Å². The van der Waals surface area contributed by atoms with Crippen LogP contribution in [0.1, 0.15) is 47.2 Å². The first kappa shape index (κ1) is 42.4. The summed E-state index contributed by atoms with van der Waals surface area (Å²) in [5, 5.41) is 7.25. The predicted molar refractivity (Wildman–Crippen MR) is 310 cm³/mol. The van der Waals surface area contributed by atoms with Crippen LogP contribution >= 0.6 is 0 Å². The van der Waals surface area contributed by atoms with Crippen LogP contribution in [0.4, 0.5) is 17.1 Å². The molecule has 1 aromatic heterocycles. The van der Waals surface area contributed by atoms with Crippen LogP contribution in [-0.2, 0) is 11.8 Å². The largest absolute Gasteiger partial charge is 0.456 e. The first-order valence-corrected chi connectivity index (χ1v) is 26.1. The second-order valence-electron chi connectivity index (χ2n) is 19.9. The number of fused-ring (bicyclic) bond motifs is 19. The molecule has 0 unspecified atom stereocenters. The molecule has 1 heterocycles. The van der Waals surface area contributed by atoms with E-state index < -0.39 is 5.41 Å². The van der Waals surface area contributed by atoms with Gasteiger partial charge in [0.15, 0.2) is 0 Å². The normalized spacial score (nSPS) is 13.1. The third-order valence-corrected chi connectivity index (χ3v) is 16.3. The van der Waals surface area contributed by atoms with Crippen LogP contribution < -0.4 is 4.90 Å². The quantitative estimate of drug-likeness (QED) is 0.171. The lowest BCUT2D eigenvalue weighted by atomic mass is 9.70. The van der Waals surface area contributed by atoms with Gasteiger partial charge in [-0.1, -0.05) is 202 Å². The molecule has 0 fully saturated rings. The summed E-state index contributed by atoms with van der Waals surface area (Å²) in [6.07, 6.45) is 0.912. The fraction of sp³-hybridized carbons (Fsp3) is 0.0556. The number of anilines is 3. The number of para-hydroxylation sites is 1. The number of benzene rings is 12. The maximum absolute atomic E-state index is 6.43. The molecule has 0 saturated carbocycles. The molecule has 0 atom stereocenters. The lowest BCUT2D eigenvalue weighted by Gasteiger charge is -2.32. The Morgan fingerprint density at radius 3 is 1.69 bits per heavy atom. The van der Waals surface area contributed by atoms with Crippen molar-refractivity contribution < 1.29 is 4.42 Å². The minimum absolute atomic E-state index is 0.601. The van der Waals surface area contributed by atoms with Gasteiger partial charge in [0.05, 0.1) is 5.41 Å². The van der Waals surface area contributed by atoms with Gasteiger partial charge in [-0.15, -0.1) is 0 Å². The second kappa shape index (κ2) is 16.4. The fourth-order valence-corrected chi connectivity index (χ4v) is 13.3.